The quantitative estimate of drug-likeness (QED) is 0.649. The largest absolute Gasteiger partial charge is 0.348 e. The lowest BCUT2D eigenvalue weighted by molar-refractivity contribution is 0.0950. The minimum absolute atomic E-state index is 0.000123. The molecular weight excluding hydrogens is 424 g/mol. The molecule has 0 aliphatic carbocycles. The number of nitrogens with one attached hydrogen (secondary N) is 1. The summed E-state index contributed by atoms with van der Waals surface area (Å²) in [4.78, 5) is 16.3. The van der Waals surface area contributed by atoms with Crippen molar-refractivity contribution in [3.8, 4) is 0 Å². The monoisotopic (exact) mass is 442 g/mol. The molecule has 0 radical (unpaired) electrons. The molecule has 2 aromatic carbocycles. The predicted molar refractivity (Wildman–Crippen MR) is 110 cm³/mol. The van der Waals surface area contributed by atoms with E-state index in [1.54, 1.807) is 48.7 Å². The third-order valence-corrected chi connectivity index (χ3v) is 9.08. The molecular formula is C21H18N2O5S2. The van der Waals surface area contributed by atoms with Crippen molar-refractivity contribution in [1.82, 2.24) is 10.3 Å². The van der Waals surface area contributed by atoms with Crippen LogP contribution in [0.25, 0.3) is 0 Å². The maximum absolute atomic E-state index is 13.2. The highest BCUT2D eigenvalue weighted by Crippen LogP contribution is 2.42. The second-order valence-electron chi connectivity index (χ2n) is 6.88. The van der Waals surface area contributed by atoms with Crippen molar-refractivity contribution in [3.05, 3.63) is 89.7 Å². The van der Waals surface area contributed by atoms with Gasteiger partial charge in [0.05, 0.1) is 21.1 Å². The van der Waals surface area contributed by atoms with E-state index in [2.05, 4.69) is 10.3 Å². The molecule has 0 fully saturated rings. The molecule has 1 aliphatic rings. The van der Waals surface area contributed by atoms with Crippen LogP contribution in [-0.2, 0) is 26.2 Å². The van der Waals surface area contributed by atoms with Gasteiger partial charge in [0.25, 0.3) is 5.91 Å². The standard InChI is InChI=1S/C21H18N2O5S2/c24-21(16-7-5-11-22-12-16)23-13-15-6-4-10-18-20(15)19(14-29(18,25)26)30(27,28)17-8-2-1-3-9-17/h1-12,19H,13-14H2,(H,23,24). The maximum atomic E-state index is 13.2. The van der Waals surface area contributed by atoms with E-state index in [-0.39, 0.29) is 27.8 Å². The topological polar surface area (TPSA) is 110 Å². The Morgan fingerprint density at radius 3 is 2.50 bits per heavy atom. The van der Waals surface area contributed by atoms with Crippen LogP contribution in [0.2, 0.25) is 0 Å². The van der Waals surface area contributed by atoms with Crippen LogP contribution in [0.4, 0.5) is 0 Å². The van der Waals surface area contributed by atoms with Crippen molar-refractivity contribution in [3.63, 3.8) is 0 Å². The van der Waals surface area contributed by atoms with Gasteiger partial charge in [-0.2, -0.15) is 0 Å². The molecule has 1 amide bonds. The fourth-order valence-corrected chi connectivity index (χ4v) is 7.97. The van der Waals surface area contributed by atoms with E-state index in [0.29, 0.717) is 11.1 Å². The number of carbonyl (C=O) groups is 1. The highest BCUT2D eigenvalue weighted by molar-refractivity contribution is 7.96. The van der Waals surface area contributed by atoms with E-state index >= 15 is 0 Å². The van der Waals surface area contributed by atoms with E-state index in [1.807, 2.05) is 0 Å². The number of hydrogen-bond acceptors (Lipinski definition) is 6. The van der Waals surface area contributed by atoms with Gasteiger partial charge in [0, 0.05) is 18.9 Å². The number of nitrogens with zero attached hydrogens (tertiary/aromatic N) is 1. The SMILES string of the molecule is O=C(NCc1cccc2c1C(S(=O)(=O)c1ccccc1)CS2(=O)=O)c1cccnc1. The van der Waals surface area contributed by atoms with Gasteiger partial charge in [-0.05, 0) is 41.5 Å². The van der Waals surface area contributed by atoms with Crippen LogP contribution in [0.3, 0.4) is 0 Å². The van der Waals surface area contributed by atoms with Crippen molar-refractivity contribution in [1.29, 1.82) is 0 Å². The average Bonchev–Trinajstić information content (AvgIpc) is 3.05. The Balaban J connectivity index is 1.72. The molecule has 154 valence electrons. The molecule has 7 nitrogen and oxygen atoms in total. The van der Waals surface area contributed by atoms with Gasteiger partial charge in [0.15, 0.2) is 19.7 Å². The van der Waals surface area contributed by atoms with E-state index in [4.69, 9.17) is 0 Å². The molecule has 0 spiro atoms. The summed E-state index contributed by atoms with van der Waals surface area (Å²) in [6, 6.07) is 15.6. The summed E-state index contributed by atoms with van der Waals surface area (Å²) in [7, 11) is -7.70. The lowest BCUT2D eigenvalue weighted by Crippen LogP contribution is -2.24. The molecule has 0 saturated heterocycles. The van der Waals surface area contributed by atoms with Crippen LogP contribution in [0, 0.1) is 0 Å². The zero-order chi connectivity index (χ0) is 21.4. The minimum atomic E-state index is -3.94. The second kappa shape index (κ2) is 7.66. The van der Waals surface area contributed by atoms with Crippen LogP contribution >= 0.6 is 0 Å². The number of amides is 1. The number of benzene rings is 2. The number of fused-ring (bicyclic) bond motifs is 1. The van der Waals surface area contributed by atoms with E-state index in [1.165, 1.54) is 24.4 Å². The minimum Gasteiger partial charge on any atom is -0.348 e. The van der Waals surface area contributed by atoms with Gasteiger partial charge in [0.2, 0.25) is 0 Å². The Hall–Kier alpha value is -3.04. The summed E-state index contributed by atoms with van der Waals surface area (Å²) < 4.78 is 51.9. The summed E-state index contributed by atoms with van der Waals surface area (Å²) in [5.74, 6) is -0.906. The fourth-order valence-electron chi connectivity index (χ4n) is 3.55. The Bertz CT molecular complexity index is 1310. The molecule has 1 unspecified atom stereocenters. The normalized spacial score (nSPS) is 17.3. The van der Waals surface area contributed by atoms with Gasteiger partial charge in [-0.25, -0.2) is 16.8 Å². The Morgan fingerprint density at radius 1 is 1.03 bits per heavy atom. The summed E-state index contributed by atoms with van der Waals surface area (Å²) in [5.41, 5.74) is 1.04. The number of pyridine rings is 1. The van der Waals surface area contributed by atoms with E-state index in [9.17, 15) is 21.6 Å². The first-order valence-corrected chi connectivity index (χ1v) is 12.3. The number of carbonyl (C=O) groups excluding carboxylic acids is 1. The van der Waals surface area contributed by atoms with Gasteiger partial charge in [0.1, 0.15) is 5.25 Å². The highest BCUT2D eigenvalue weighted by atomic mass is 32.2. The Labute approximate surface area is 174 Å². The predicted octanol–water partition coefficient (Wildman–Crippen LogP) is 2.31. The van der Waals surface area contributed by atoms with Crippen molar-refractivity contribution >= 4 is 25.6 Å². The first-order valence-electron chi connectivity index (χ1n) is 9.12. The molecule has 30 heavy (non-hydrogen) atoms. The number of aromatic nitrogens is 1. The van der Waals surface area contributed by atoms with Crippen LogP contribution in [0.1, 0.15) is 26.7 Å². The van der Waals surface area contributed by atoms with Gasteiger partial charge in [-0.3, -0.25) is 9.78 Å². The van der Waals surface area contributed by atoms with Gasteiger partial charge in [-0.1, -0.05) is 30.3 Å². The zero-order valence-corrected chi connectivity index (χ0v) is 17.4. The number of sulfone groups is 2. The van der Waals surface area contributed by atoms with Crippen molar-refractivity contribution in [2.24, 2.45) is 0 Å². The van der Waals surface area contributed by atoms with E-state index < -0.39 is 30.7 Å². The molecule has 4 rings (SSSR count). The molecule has 3 aromatic rings. The first-order chi connectivity index (χ1) is 14.3. The molecule has 0 bridgehead atoms. The lowest BCUT2D eigenvalue weighted by Gasteiger charge is -2.16. The molecule has 1 aromatic heterocycles. The summed E-state index contributed by atoms with van der Waals surface area (Å²) in [6.45, 7) is -0.00672. The molecule has 9 heteroatoms. The smallest absolute Gasteiger partial charge is 0.253 e. The molecule has 1 N–H and O–H groups in total. The Morgan fingerprint density at radius 2 is 1.80 bits per heavy atom. The molecule has 0 saturated carbocycles. The Kier molecular flexibility index (Phi) is 5.17. The van der Waals surface area contributed by atoms with Gasteiger partial charge >= 0.3 is 0 Å². The van der Waals surface area contributed by atoms with Crippen LogP contribution in [-0.4, -0.2) is 33.5 Å². The molecule has 2 heterocycles. The van der Waals surface area contributed by atoms with Gasteiger partial charge < -0.3 is 5.32 Å². The van der Waals surface area contributed by atoms with Crippen molar-refractivity contribution in [2.75, 3.05) is 5.75 Å². The zero-order valence-electron chi connectivity index (χ0n) is 15.7. The highest BCUT2D eigenvalue weighted by Gasteiger charge is 2.44. The lowest BCUT2D eigenvalue weighted by atomic mass is 10.0. The third-order valence-electron chi connectivity index (χ3n) is 4.99. The van der Waals surface area contributed by atoms with Crippen molar-refractivity contribution in [2.45, 2.75) is 21.6 Å². The van der Waals surface area contributed by atoms with Crippen LogP contribution in [0.15, 0.2) is 82.8 Å². The van der Waals surface area contributed by atoms with Crippen LogP contribution < -0.4 is 5.32 Å². The second-order valence-corrected chi connectivity index (χ2v) is 11.0. The summed E-state index contributed by atoms with van der Waals surface area (Å²) in [5, 5.41) is 1.49. The summed E-state index contributed by atoms with van der Waals surface area (Å²) in [6.07, 6.45) is 2.96. The maximum Gasteiger partial charge on any atom is 0.253 e. The van der Waals surface area contributed by atoms with Crippen LogP contribution in [0.5, 0.6) is 0 Å². The first kappa shape index (κ1) is 20.2. The average molecular weight is 443 g/mol. The summed E-state index contributed by atoms with van der Waals surface area (Å²) >= 11 is 0. The third kappa shape index (κ3) is 3.61. The van der Waals surface area contributed by atoms with Gasteiger partial charge in [-0.15, -0.1) is 0 Å². The molecule has 1 aliphatic heterocycles. The van der Waals surface area contributed by atoms with Crippen molar-refractivity contribution < 1.29 is 21.6 Å². The molecule has 1 atom stereocenters. The van der Waals surface area contributed by atoms with E-state index in [0.717, 1.165) is 0 Å². The number of rotatable bonds is 5. The fraction of sp³-hybridized carbons (Fsp3) is 0.143. The number of hydrogen-bond donors (Lipinski definition) is 1.